The van der Waals surface area contributed by atoms with Crippen LogP contribution in [0.4, 0.5) is 0 Å². The van der Waals surface area contributed by atoms with E-state index < -0.39 is 0 Å². The highest BCUT2D eigenvalue weighted by Gasteiger charge is 2.43. The van der Waals surface area contributed by atoms with Crippen molar-refractivity contribution >= 4 is 50.5 Å². The monoisotopic (exact) mass is 431 g/mol. The smallest absolute Gasteiger partial charge is 0.165 e. The fourth-order valence-electron chi connectivity index (χ4n) is 5.37. The fraction of sp³-hybridized carbons (Fsp3) is 0.192. The Morgan fingerprint density at radius 1 is 0.733 bits per heavy atom. The van der Waals surface area contributed by atoms with Crippen LogP contribution in [-0.2, 0) is 4.84 Å². The van der Waals surface area contributed by atoms with Crippen LogP contribution in [0, 0.1) is 20.8 Å². The molecule has 0 N–H and O–H groups in total. The van der Waals surface area contributed by atoms with Gasteiger partial charge in [-0.05, 0) is 64.6 Å². The Labute approximate surface area is 185 Å². The zero-order valence-corrected chi connectivity index (χ0v) is 18.4. The highest BCUT2D eigenvalue weighted by atomic mass is 35.5. The molecule has 1 heterocycles. The van der Waals surface area contributed by atoms with Crippen LogP contribution in [0.1, 0.15) is 45.4 Å². The Morgan fingerprint density at radius 2 is 1.30 bits per heavy atom. The van der Waals surface area contributed by atoms with Crippen molar-refractivity contribution in [3.8, 4) is 0 Å². The number of fused-ring (bicyclic) bond motifs is 3. The number of rotatable bonds is 1. The van der Waals surface area contributed by atoms with Crippen LogP contribution in [0.5, 0.6) is 0 Å². The molecule has 6 rings (SSSR count). The van der Waals surface area contributed by atoms with Gasteiger partial charge >= 0.3 is 0 Å². The van der Waals surface area contributed by atoms with Crippen LogP contribution < -0.4 is 0 Å². The van der Waals surface area contributed by atoms with Crippen LogP contribution in [-0.4, -0.2) is 5.71 Å². The third kappa shape index (κ3) is 2.18. The lowest BCUT2D eigenvalue weighted by atomic mass is 9.74. The van der Waals surface area contributed by atoms with Gasteiger partial charge in [0.25, 0.3) is 0 Å². The largest absolute Gasteiger partial charge is 0.386 e. The number of hydrogen-bond acceptors (Lipinski definition) is 2. The van der Waals surface area contributed by atoms with Gasteiger partial charge in [0.15, 0.2) is 6.10 Å². The molecule has 2 nitrogen and oxygen atoms in total. The topological polar surface area (TPSA) is 21.6 Å². The van der Waals surface area contributed by atoms with Crippen molar-refractivity contribution in [2.75, 3.05) is 0 Å². The minimum atomic E-state index is -0.151. The Bertz CT molecular complexity index is 1410. The van der Waals surface area contributed by atoms with E-state index in [4.69, 9.17) is 28.0 Å². The van der Waals surface area contributed by atoms with E-state index in [0.29, 0.717) is 10.0 Å². The van der Waals surface area contributed by atoms with E-state index in [-0.39, 0.29) is 12.0 Å². The van der Waals surface area contributed by atoms with Gasteiger partial charge in [0.05, 0.1) is 11.6 Å². The SMILES string of the molecule is Cc1c(Cl)c(C)c(C2=NO[C@@H]3c4cccc5ccc6cccc(c6c45)[C@H]23)c(C)c1Cl. The molecule has 0 spiro atoms. The molecule has 4 heteroatoms. The van der Waals surface area contributed by atoms with Crippen LogP contribution in [0.2, 0.25) is 10.0 Å². The van der Waals surface area contributed by atoms with Gasteiger partial charge in [-0.2, -0.15) is 0 Å². The van der Waals surface area contributed by atoms with Crippen molar-refractivity contribution in [3.05, 3.63) is 92.0 Å². The second kappa shape index (κ2) is 6.23. The van der Waals surface area contributed by atoms with Crippen LogP contribution >= 0.6 is 23.2 Å². The van der Waals surface area contributed by atoms with E-state index in [2.05, 4.69) is 53.7 Å². The summed E-state index contributed by atoms with van der Waals surface area (Å²) in [4.78, 5) is 6.12. The summed E-state index contributed by atoms with van der Waals surface area (Å²) in [5.74, 6) is 0.00133. The van der Waals surface area contributed by atoms with Gasteiger partial charge in [0.2, 0.25) is 0 Å². The lowest BCUT2D eigenvalue weighted by Crippen LogP contribution is -2.21. The molecule has 1 aliphatic carbocycles. The number of oxime groups is 1. The summed E-state index contributed by atoms with van der Waals surface area (Å²) in [6.45, 7) is 6.05. The molecule has 0 fully saturated rings. The van der Waals surface area contributed by atoms with Gasteiger partial charge in [-0.15, -0.1) is 0 Å². The molecule has 2 atom stereocenters. The molecule has 148 valence electrons. The van der Waals surface area contributed by atoms with E-state index in [0.717, 1.165) is 28.0 Å². The van der Waals surface area contributed by atoms with E-state index in [1.54, 1.807) is 0 Å². The molecule has 0 unspecified atom stereocenters. The molecule has 0 radical (unpaired) electrons. The third-order valence-corrected chi connectivity index (χ3v) is 7.91. The Kier molecular flexibility index (Phi) is 3.79. The molecule has 4 aromatic carbocycles. The van der Waals surface area contributed by atoms with E-state index in [1.165, 1.54) is 32.7 Å². The first kappa shape index (κ1) is 18.2. The third-order valence-electron chi connectivity index (χ3n) is 6.78. The summed E-state index contributed by atoms with van der Waals surface area (Å²) in [5, 5.41) is 11.1. The van der Waals surface area contributed by atoms with Crippen molar-refractivity contribution in [3.63, 3.8) is 0 Å². The predicted octanol–water partition coefficient (Wildman–Crippen LogP) is 7.80. The molecule has 0 amide bonds. The summed E-state index contributed by atoms with van der Waals surface area (Å²) in [7, 11) is 0. The molecule has 2 aliphatic rings. The molecule has 0 saturated heterocycles. The van der Waals surface area contributed by atoms with Crippen molar-refractivity contribution in [1.82, 2.24) is 0 Å². The van der Waals surface area contributed by atoms with E-state index in [9.17, 15) is 0 Å². The highest BCUT2D eigenvalue weighted by molar-refractivity contribution is 6.38. The van der Waals surface area contributed by atoms with Gasteiger partial charge in [0, 0.05) is 21.2 Å². The number of benzene rings is 4. The van der Waals surface area contributed by atoms with Gasteiger partial charge in [0.1, 0.15) is 0 Å². The summed E-state index contributed by atoms with van der Waals surface area (Å²) in [6, 6.07) is 17.3. The Morgan fingerprint density at radius 3 is 1.93 bits per heavy atom. The lowest BCUT2D eigenvalue weighted by molar-refractivity contribution is 0.0769. The molecule has 0 bridgehead atoms. The van der Waals surface area contributed by atoms with Crippen LogP contribution in [0.25, 0.3) is 21.5 Å². The van der Waals surface area contributed by atoms with Crippen molar-refractivity contribution in [2.45, 2.75) is 32.8 Å². The molecule has 30 heavy (non-hydrogen) atoms. The van der Waals surface area contributed by atoms with E-state index >= 15 is 0 Å². The molecular weight excluding hydrogens is 413 g/mol. The average molecular weight is 432 g/mol. The zero-order chi connectivity index (χ0) is 20.7. The summed E-state index contributed by atoms with van der Waals surface area (Å²) in [5.41, 5.74) is 7.29. The highest BCUT2D eigenvalue weighted by Crippen LogP contribution is 2.52. The van der Waals surface area contributed by atoms with E-state index in [1.807, 2.05) is 20.8 Å². The average Bonchev–Trinajstić information content (AvgIpc) is 3.20. The second-order valence-corrected chi connectivity index (χ2v) is 9.07. The first-order valence-corrected chi connectivity index (χ1v) is 10.9. The summed E-state index contributed by atoms with van der Waals surface area (Å²) in [6.07, 6.45) is -0.151. The van der Waals surface area contributed by atoms with Crippen LogP contribution in [0.3, 0.4) is 0 Å². The van der Waals surface area contributed by atoms with Crippen molar-refractivity contribution in [2.24, 2.45) is 5.16 Å². The predicted molar refractivity (Wildman–Crippen MR) is 125 cm³/mol. The summed E-state index contributed by atoms with van der Waals surface area (Å²) >= 11 is 13.3. The molecular formula is C26H19Cl2NO. The Hall–Kier alpha value is -2.55. The van der Waals surface area contributed by atoms with Gasteiger partial charge in [-0.3, -0.25) is 0 Å². The molecule has 4 aromatic rings. The molecule has 1 aliphatic heterocycles. The first-order valence-electron chi connectivity index (χ1n) is 10.1. The van der Waals surface area contributed by atoms with Crippen molar-refractivity contribution in [1.29, 1.82) is 0 Å². The van der Waals surface area contributed by atoms with Crippen LogP contribution in [0.15, 0.2) is 53.7 Å². The molecule has 0 saturated carbocycles. The standard InChI is InChI=1S/C26H19Cl2NO/c1-12-19(13(2)24(28)14(3)23(12)27)25-22-17-8-4-6-15-10-11-16-7-5-9-18(21(16)20(15)17)26(22)30-29-25/h4-11,22,26H,1-3H3/t22-,26-/m1/s1. The maximum atomic E-state index is 6.66. The maximum Gasteiger partial charge on any atom is 0.165 e. The minimum Gasteiger partial charge on any atom is -0.386 e. The fourth-order valence-corrected chi connectivity index (χ4v) is 5.80. The van der Waals surface area contributed by atoms with Gasteiger partial charge in [-0.25, -0.2) is 0 Å². The maximum absolute atomic E-state index is 6.66. The molecule has 0 aromatic heterocycles. The normalized spacial score (nSPS) is 19.3. The quantitative estimate of drug-likeness (QED) is 0.281. The minimum absolute atomic E-state index is 0.00133. The summed E-state index contributed by atoms with van der Waals surface area (Å²) < 4.78 is 0. The Balaban J connectivity index is 1.68. The van der Waals surface area contributed by atoms with Gasteiger partial charge in [-0.1, -0.05) is 76.9 Å². The number of halogens is 2. The first-order chi connectivity index (χ1) is 14.5. The number of hydrogen-bond donors (Lipinski definition) is 0. The van der Waals surface area contributed by atoms with Crippen molar-refractivity contribution < 1.29 is 4.84 Å². The number of nitrogens with zero attached hydrogens (tertiary/aromatic N) is 1. The lowest BCUT2D eigenvalue weighted by Gasteiger charge is -2.29. The second-order valence-electron chi connectivity index (χ2n) is 8.31. The zero-order valence-electron chi connectivity index (χ0n) is 16.9. The van der Waals surface area contributed by atoms with Gasteiger partial charge < -0.3 is 4.84 Å².